The first-order chi connectivity index (χ1) is 20.0. The molecule has 4 N–H and O–H groups in total. The molecule has 0 saturated heterocycles. The number of anilines is 4. The van der Waals surface area contributed by atoms with Crippen LogP contribution in [-0.4, -0.2) is 9.97 Å². The molecule has 0 radical (unpaired) electrons. The lowest BCUT2D eigenvalue weighted by molar-refractivity contribution is 0.628. The highest BCUT2D eigenvalue weighted by Crippen LogP contribution is 2.29. The third kappa shape index (κ3) is 7.61. The minimum atomic E-state index is -0.290. The number of nitrogens with zero attached hydrogens (tertiary/aromatic N) is 2. The number of para-hydroxylation sites is 1. The number of rotatable bonds is 7. The van der Waals surface area contributed by atoms with Gasteiger partial charge in [-0.15, -0.1) is 22.7 Å². The van der Waals surface area contributed by atoms with E-state index in [-0.39, 0.29) is 11.6 Å². The van der Waals surface area contributed by atoms with Gasteiger partial charge < -0.3 is 16.4 Å². The molecule has 6 rings (SSSR count). The molecule has 0 saturated carbocycles. The van der Waals surface area contributed by atoms with Crippen LogP contribution in [0, 0.1) is 18.6 Å². The first-order valence-electron chi connectivity index (χ1n) is 12.8. The molecule has 9 heteroatoms. The van der Waals surface area contributed by atoms with Crippen molar-refractivity contribution in [2.24, 2.45) is 5.73 Å². The Hall–Kier alpha value is -4.44. The zero-order valence-electron chi connectivity index (χ0n) is 22.1. The molecule has 5 nitrogen and oxygen atoms in total. The lowest BCUT2D eigenvalue weighted by Gasteiger charge is -2.03. The lowest BCUT2D eigenvalue weighted by atomic mass is 10.1. The van der Waals surface area contributed by atoms with E-state index in [1.807, 2.05) is 47.2 Å². The minimum absolute atomic E-state index is 0.241. The molecule has 0 aliphatic heterocycles. The molecule has 0 unspecified atom stereocenters. The third-order valence-corrected chi connectivity index (χ3v) is 7.53. The van der Waals surface area contributed by atoms with Crippen molar-refractivity contribution >= 4 is 44.3 Å². The van der Waals surface area contributed by atoms with E-state index in [1.165, 1.54) is 46.4 Å². The van der Waals surface area contributed by atoms with Crippen LogP contribution in [0.2, 0.25) is 0 Å². The van der Waals surface area contributed by atoms with Crippen LogP contribution in [0.25, 0.3) is 22.5 Å². The maximum absolute atomic E-state index is 13.6. The number of thiazole rings is 2. The van der Waals surface area contributed by atoms with Gasteiger partial charge in [-0.25, -0.2) is 18.7 Å². The molecular formula is C32H27F2N5S2. The van der Waals surface area contributed by atoms with E-state index in [0.29, 0.717) is 17.4 Å². The van der Waals surface area contributed by atoms with Gasteiger partial charge in [0.25, 0.3) is 0 Å². The van der Waals surface area contributed by atoms with Crippen LogP contribution in [0.15, 0.2) is 108 Å². The number of aromatic nitrogens is 2. The van der Waals surface area contributed by atoms with Crippen molar-refractivity contribution in [1.29, 1.82) is 0 Å². The molecule has 206 valence electrons. The van der Waals surface area contributed by atoms with Gasteiger partial charge in [-0.2, -0.15) is 0 Å². The Morgan fingerprint density at radius 2 is 1.37 bits per heavy atom. The normalized spacial score (nSPS) is 10.5. The standard InChI is InChI=1S/C16H14FN3S.C16H13FN2S/c17-13-3-1-2-4-14(13)19-16-20-15(10-21-16)12-7-5-11(9-18)6-8-12;1-11-3-2-4-12(9-11)15-10-20-16(19-15)18-14-7-5-13(17)6-8-14/h1-8,10H,9,18H2,(H,19,20);2-10H,1H3,(H,18,19). The van der Waals surface area contributed by atoms with Gasteiger partial charge in [0.1, 0.15) is 11.6 Å². The Morgan fingerprint density at radius 1 is 0.707 bits per heavy atom. The zero-order valence-corrected chi connectivity index (χ0v) is 23.8. The van der Waals surface area contributed by atoms with E-state index >= 15 is 0 Å². The second-order valence-corrected chi connectivity index (χ2v) is 10.8. The molecule has 0 atom stereocenters. The average molecular weight is 584 g/mol. The van der Waals surface area contributed by atoms with Crippen molar-refractivity contribution in [3.05, 3.63) is 131 Å². The van der Waals surface area contributed by atoms with Gasteiger partial charge in [-0.05, 0) is 55.0 Å². The van der Waals surface area contributed by atoms with E-state index < -0.39 is 0 Å². The fourth-order valence-electron chi connectivity index (χ4n) is 3.88. The lowest BCUT2D eigenvalue weighted by Crippen LogP contribution is -1.95. The number of benzene rings is 4. The number of halogens is 2. The van der Waals surface area contributed by atoms with Crippen LogP contribution in [0.1, 0.15) is 11.1 Å². The smallest absolute Gasteiger partial charge is 0.187 e. The largest absolute Gasteiger partial charge is 0.332 e. The zero-order chi connectivity index (χ0) is 28.6. The topological polar surface area (TPSA) is 75.9 Å². The number of nitrogens with one attached hydrogen (secondary N) is 2. The molecule has 2 aromatic heterocycles. The van der Waals surface area contributed by atoms with Crippen molar-refractivity contribution < 1.29 is 8.78 Å². The molecule has 0 fully saturated rings. The summed E-state index contributed by atoms with van der Waals surface area (Å²) in [5.74, 6) is -0.531. The molecule has 0 aliphatic carbocycles. The molecule has 41 heavy (non-hydrogen) atoms. The second-order valence-electron chi connectivity index (χ2n) is 9.08. The van der Waals surface area contributed by atoms with Crippen LogP contribution >= 0.6 is 22.7 Å². The summed E-state index contributed by atoms with van der Waals surface area (Å²) in [6.45, 7) is 2.59. The van der Waals surface area contributed by atoms with E-state index in [0.717, 1.165) is 38.9 Å². The van der Waals surface area contributed by atoms with E-state index in [2.05, 4.69) is 39.7 Å². The maximum Gasteiger partial charge on any atom is 0.187 e. The molecule has 2 heterocycles. The van der Waals surface area contributed by atoms with Crippen LogP contribution in [0.3, 0.4) is 0 Å². The predicted molar refractivity (Wildman–Crippen MR) is 167 cm³/mol. The summed E-state index contributed by atoms with van der Waals surface area (Å²) in [4.78, 5) is 9.03. The van der Waals surface area contributed by atoms with Crippen LogP contribution < -0.4 is 16.4 Å². The van der Waals surface area contributed by atoms with E-state index in [4.69, 9.17) is 5.73 Å². The van der Waals surface area contributed by atoms with Gasteiger partial charge in [0.05, 0.1) is 17.1 Å². The van der Waals surface area contributed by atoms with Gasteiger partial charge in [0, 0.05) is 34.1 Å². The van der Waals surface area contributed by atoms with Crippen molar-refractivity contribution in [2.45, 2.75) is 13.5 Å². The minimum Gasteiger partial charge on any atom is -0.332 e. The molecule has 4 aromatic carbocycles. The van der Waals surface area contributed by atoms with Crippen LogP contribution in [-0.2, 0) is 6.54 Å². The molecule has 0 amide bonds. The molecule has 0 spiro atoms. The van der Waals surface area contributed by atoms with Crippen molar-refractivity contribution in [1.82, 2.24) is 9.97 Å². The summed E-state index contributed by atoms with van der Waals surface area (Å²) in [7, 11) is 0. The van der Waals surface area contributed by atoms with Crippen molar-refractivity contribution in [2.75, 3.05) is 10.6 Å². The first-order valence-corrected chi connectivity index (χ1v) is 14.5. The fraction of sp³-hybridized carbons (Fsp3) is 0.0625. The number of aryl methyl sites for hydroxylation is 1. The first kappa shape index (κ1) is 28.1. The van der Waals surface area contributed by atoms with Crippen molar-refractivity contribution in [3.8, 4) is 22.5 Å². The van der Waals surface area contributed by atoms with Gasteiger partial charge in [-0.3, -0.25) is 0 Å². The number of nitrogens with two attached hydrogens (primary N) is 1. The Balaban J connectivity index is 0.000000165. The SMILES string of the molecule is Cc1cccc(-c2csc(Nc3ccc(F)cc3)n2)c1.NCc1ccc(-c2csc(Nc3ccccc3F)n2)cc1. The van der Waals surface area contributed by atoms with Crippen LogP contribution in [0.5, 0.6) is 0 Å². The van der Waals surface area contributed by atoms with E-state index in [9.17, 15) is 8.78 Å². The molecule has 0 bridgehead atoms. The molecule has 0 aliphatic rings. The Kier molecular flexibility index (Phi) is 9.10. The highest BCUT2D eigenvalue weighted by molar-refractivity contribution is 7.14. The summed E-state index contributed by atoms with van der Waals surface area (Å²) in [6.07, 6.45) is 0. The van der Waals surface area contributed by atoms with Crippen molar-refractivity contribution in [3.63, 3.8) is 0 Å². The summed E-state index contributed by atoms with van der Waals surface area (Å²) in [5.41, 5.74) is 13.1. The van der Waals surface area contributed by atoms with Gasteiger partial charge in [0.2, 0.25) is 0 Å². The monoisotopic (exact) mass is 583 g/mol. The van der Waals surface area contributed by atoms with E-state index in [1.54, 1.807) is 30.3 Å². The predicted octanol–water partition coefficient (Wildman–Crippen LogP) is 9.15. The maximum atomic E-state index is 13.6. The molecule has 6 aromatic rings. The third-order valence-electron chi connectivity index (χ3n) is 6.02. The Bertz CT molecular complexity index is 1710. The fourth-order valence-corrected chi connectivity index (χ4v) is 5.35. The highest BCUT2D eigenvalue weighted by atomic mass is 32.1. The second kappa shape index (κ2) is 13.3. The Morgan fingerprint density at radius 3 is 2.02 bits per heavy atom. The quantitative estimate of drug-likeness (QED) is 0.175. The summed E-state index contributed by atoms with van der Waals surface area (Å²) < 4.78 is 26.4. The average Bonchev–Trinajstić information content (AvgIpc) is 3.66. The summed E-state index contributed by atoms with van der Waals surface area (Å²) in [5, 5.41) is 11.6. The highest BCUT2D eigenvalue weighted by Gasteiger charge is 2.08. The summed E-state index contributed by atoms with van der Waals surface area (Å²) >= 11 is 2.98. The van der Waals surface area contributed by atoms with Gasteiger partial charge >= 0.3 is 0 Å². The van der Waals surface area contributed by atoms with Gasteiger partial charge in [-0.1, -0.05) is 60.2 Å². The summed E-state index contributed by atoms with van der Waals surface area (Å²) in [6, 6.07) is 29.0. The van der Waals surface area contributed by atoms with Crippen LogP contribution in [0.4, 0.5) is 30.4 Å². The van der Waals surface area contributed by atoms with Gasteiger partial charge in [0.15, 0.2) is 10.3 Å². The number of hydrogen-bond donors (Lipinski definition) is 3. The Labute approximate surface area is 245 Å². The number of hydrogen-bond acceptors (Lipinski definition) is 7. The molecular weight excluding hydrogens is 557 g/mol.